The van der Waals surface area contributed by atoms with Crippen molar-refractivity contribution in [3.63, 3.8) is 0 Å². The molecule has 0 saturated carbocycles. The molecule has 0 bridgehead atoms. The van der Waals surface area contributed by atoms with Crippen molar-refractivity contribution in [2.75, 3.05) is 19.6 Å². The summed E-state index contributed by atoms with van der Waals surface area (Å²) in [5.74, 6) is 1.37. The third-order valence-electron chi connectivity index (χ3n) is 4.25. The first-order valence-electron chi connectivity index (χ1n) is 6.74. The molecule has 2 fully saturated rings. The highest BCUT2D eigenvalue weighted by molar-refractivity contribution is 5.80. The minimum absolute atomic E-state index is 0.232. The normalized spacial score (nSPS) is 35.4. The van der Waals surface area contributed by atoms with Crippen LogP contribution >= 0.6 is 0 Å². The van der Waals surface area contributed by atoms with E-state index in [4.69, 9.17) is 0 Å². The van der Waals surface area contributed by atoms with Crippen molar-refractivity contribution in [3.8, 4) is 0 Å². The van der Waals surface area contributed by atoms with E-state index in [1.54, 1.807) is 0 Å². The highest BCUT2D eigenvalue weighted by Gasteiger charge is 2.34. The predicted octanol–water partition coefficient (Wildman–Crippen LogP) is 1.63. The maximum Gasteiger partial charge on any atom is 0.227 e. The van der Waals surface area contributed by atoms with Crippen LogP contribution in [-0.2, 0) is 4.79 Å². The Kier molecular flexibility index (Phi) is 3.85. The quantitative estimate of drug-likeness (QED) is 0.773. The average molecular weight is 224 g/mol. The van der Waals surface area contributed by atoms with E-state index in [0.29, 0.717) is 11.9 Å². The topological polar surface area (TPSA) is 32.3 Å². The zero-order chi connectivity index (χ0) is 11.5. The zero-order valence-electron chi connectivity index (χ0n) is 10.5. The van der Waals surface area contributed by atoms with Gasteiger partial charge in [-0.15, -0.1) is 0 Å². The van der Waals surface area contributed by atoms with Crippen LogP contribution in [0.4, 0.5) is 0 Å². The van der Waals surface area contributed by atoms with E-state index in [1.165, 1.54) is 19.3 Å². The smallest absolute Gasteiger partial charge is 0.227 e. The Morgan fingerprint density at radius 2 is 2.25 bits per heavy atom. The molecule has 2 heterocycles. The Labute approximate surface area is 98.6 Å². The van der Waals surface area contributed by atoms with Crippen LogP contribution in [0.5, 0.6) is 0 Å². The molecule has 1 N–H and O–H groups in total. The molecular formula is C13H24N2O. The first kappa shape index (κ1) is 11.9. The molecule has 0 spiro atoms. The Hall–Kier alpha value is -0.570. The van der Waals surface area contributed by atoms with Gasteiger partial charge in [-0.2, -0.15) is 0 Å². The molecule has 3 atom stereocenters. The van der Waals surface area contributed by atoms with Crippen LogP contribution in [0.2, 0.25) is 0 Å². The third kappa shape index (κ3) is 2.40. The van der Waals surface area contributed by atoms with Crippen LogP contribution in [0.3, 0.4) is 0 Å². The van der Waals surface area contributed by atoms with Gasteiger partial charge in [-0.25, -0.2) is 0 Å². The molecule has 2 saturated heterocycles. The molecule has 2 rings (SSSR count). The number of hydrogen-bond acceptors (Lipinski definition) is 2. The summed E-state index contributed by atoms with van der Waals surface area (Å²) in [7, 11) is 0. The number of nitrogens with one attached hydrogen (secondary N) is 1. The van der Waals surface area contributed by atoms with Crippen molar-refractivity contribution >= 4 is 5.91 Å². The summed E-state index contributed by atoms with van der Waals surface area (Å²) < 4.78 is 0. The van der Waals surface area contributed by atoms with E-state index in [-0.39, 0.29) is 5.92 Å². The number of hydrogen-bond donors (Lipinski definition) is 1. The molecule has 0 aromatic heterocycles. The molecule has 3 unspecified atom stereocenters. The lowest BCUT2D eigenvalue weighted by atomic mass is 9.93. The lowest BCUT2D eigenvalue weighted by Crippen LogP contribution is -2.45. The summed E-state index contributed by atoms with van der Waals surface area (Å²) in [4.78, 5) is 14.5. The molecule has 2 aliphatic heterocycles. The van der Waals surface area contributed by atoms with E-state index in [0.717, 1.165) is 32.0 Å². The van der Waals surface area contributed by atoms with Crippen molar-refractivity contribution in [1.82, 2.24) is 10.2 Å². The Morgan fingerprint density at radius 1 is 1.44 bits per heavy atom. The molecule has 16 heavy (non-hydrogen) atoms. The largest absolute Gasteiger partial charge is 0.342 e. The molecule has 92 valence electrons. The maximum atomic E-state index is 12.4. The molecule has 0 aromatic carbocycles. The zero-order valence-corrected chi connectivity index (χ0v) is 10.5. The first-order valence-corrected chi connectivity index (χ1v) is 6.74. The van der Waals surface area contributed by atoms with Crippen molar-refractivity contribution in [1.29, 1.82) is 0 Å². The minimum atomic E-state index is 0.232. The second-order valence-electron chi connectivity index (χ2n) is 5.34. The van der Waals surface area contributed by atoms with Crippen LogP contribution in [0, 0.1) is 11.8 Å². The molecule has 3 nitrogen and oxygen atoms in total. The first-order chi connectivity index (χ1) is 7.72. The Bertz CT molecular complexity index is 254. The fraction of sp³-hybridized carbons (Fsp3) is 0.923. The lowest BCUT2D eigenvalue weighted by molar-refractivity contribution is -0.137. The Balaban J connectivity index is 1.93. The van der Waals surface area contributed by atoms with Crippen molar-refractivity contribution < 1.29 is 4.79 Å². The molecular weight excluding hydrogens is 200 g/mol. The predicted molar refractivity (Wildman–Crippen MR) is 65.2 cm³/mol. The van der Waals surface area contributed by atoms with Gasteiger partial charge in [0.05, 0.1) is 5.92 Å². The number of rotatable bonds is 2. The van der Waals surface area contributed by atoms with Crippen molar-refractivity contribution in [2.24, 2.45) is 11.8 Å². The lowest BCUT2D eigenvalue weighted by Gasteiger charge is -2.34. The van der Waals surface area contributed by atoms with Crippen LogP contribution in [0.1, 0.15) is 39.5 Å². The van der Waals surface area contributed by atoms with Gasteiger partial charge < -0.3 is 10.2 Å². The molecule has 2 aliphatic rings. The second-order valence-corrected chi connectivity index (χ2v) is 5.34. The van der Waals surface area contributed by atoms with Gasteiger partial charge in [0.25, 0.3) is 0 Å². The summed E-state index contributed by atoms with van der Waals surface area (Å²) in [6.07, 6.45) is 4.73. The number of carbonyl (C=O) groups is 1. The van der Waals surface area contributed by atoms with Crippen LogP contribution in [-0.4, -0.2) is 36.5 Å². The van der Waals surface area contributed by atoms with Gasteiger partial charge in [0, 0.05) is 19.1 Å². The second kappa shape index (κ2) is 5.17. The number of piperidine rings is 1. The molecule has 3 heteroatoms. The van der Waals surface area contributed by atoms with Crippen molar-refractivity contribution in [2.45, 2.75) is 45.6 Å². The number of amides is 1. The van der Waals surface area contributed by atoms with Gasteiger partial charge in [0.2, 0.25) is 5.91 Å². The molecule has 0 aliphatic carbocycles. The van der Waals surface area contributed by atoms with E-state index < -0.39 is 0 Å². The van der Waals surface area contributed by atoms with Crippen molar-refractivity contribution in [3.05, 3.63) is 0 Å². The van der Waals surface area contributed by atoms with Crippen LogP contribution in [0.25, 0.3) is 0 Å². The van der Waals surface area contributed by atoms with Gasteiger partial charge in [0.1, 0.15) is 0 Å². The molecule has 1 amide bonds. The van der Waals surface area contributed by atoms with Crippen LogP contribution < -0.4 is 5.32 Å². The fourth-order valence-electron chi connectivity index (χ4n) is 3.03. The third-order valence-corrected chi connectivity index (χ3v) is 4.25. The fourth-order valence-corrected chi connectivity index (χ4v) is 3.03. The van der Waals surface area contributed by atoms with Gasteiger partial charge >= 0.3 is 0 Å². The van der Waals surface area contributed by atoms with E-state index in [2.05, 4.69) is 24.1 Å². The number of likely N-dealkylation sites (tertiary alicyclic amines) is 1. The molecule has 0 radical (unpaired) electrons. The monoisotopic (exact) mass is 224 g/mol. The van der Waals surface area contributed by atoms with E-state index in [9.17, 15) is 4.79 Å². The minimum Gasteiger partial charge on any atom is -0.342 e. The number of carbonyl (C=O) groups excluding carboxylic acids is 1. The summed E-state index contributed by atoms with van der Waals surface area (Å²) in [5.41, 5.74) is 0. The highest BCUT2D eigenvalue weighted by Crippen LogP contribution is 2.24. The molecule has 0 aromatic rings. The van der Waals surface area contributed by atoms with Crippen LogP contribution in [0.15, 0.2) is 0 Å². The van der Waals surface area contributed by atoms with Gasteiger partial charge in [-0.1, -0.05) is 13.3 Å². The van der Waals surface area contributed by atoms with E-state index >= 15 is 0 Å². The maximum absolute atomic E-state index is 12.4. The summed E-state index contributed by atoms with van der Waals surface area (Å²) >= 11 is 0. The standard InChI is InChI=1S/C13H24N2O/c1-3-11-5-4-8-15(9-11)13(16)12-6-7-14-10(12)2/h10-12,14H,3-9H2,1-2H3. The summed E-state index contributed by atoms with van der Waals surface area (Å²) in [5, 5.41) is 3.37. The van der Waals surface area contributed by atoms with Gasteiger partial charge in [0.15, 0.2) is 0 Å². The SMILES string of the molecule is CCC1CCCN(C(=O)C2CCNC2C)C1. The summed E-state index contributed by atoms with van der Waals surface area (Å²) in [6.45, 7) is 7.36. The average Bonchev–Trinajstić information content (AvgIpc) is 2.74. The van der Waals surface area contributed by atoms with Gasteiger partial charge in [-0.05, 0) is 38.6 Å². The Morgan fingerprint density at radius 3 is 2.88 bits per heavy atom. The number of nitrogens with zero attached hydrogens (tertiary/aromatic N) is 1. The highest BCUT2D eigenvalue weighted by atomic mass is 16.2. The summed E-state index contributed by atoms with van der Waals surface area (Å²) in [6, 6.07) is 0.370. The van der Waals surface area contributed by atoms with Gasteiger partial charge in [-0.3, -0.25) is 4.79 Å². The van der Waals surface area contributed by atoms with E-state index in [1.807, 2.05) is 0 Å².